The molecule has 2 unspecified atom stereocenters. The summed E-state index contributed by atoms with van der Waals surface area (Å²) in [6.07, 6.45) is 3.96. The molecular formula is C12H24NO3PS. The van der Waals surface area contributed by atoms with Crippen LogP contribution in [0.25, 0.3) is 0 Å². The Morgan fingerprint density at radius 1 is 1.28 bits per heavy atom. The van der Waals surface area contributed by atoms with Crippen molar-refractivity contribution in [2.45, 2.75) is 59.0 Å². The molecule has 0 rings (SSSR count). The van der Waals surface area contributed by atoms with Crippen LogP contribution in [0.5, 0.6) is 0 Å². The Labute approximate surface area is 115 Å². The highest BCUT2D eigenvalue weighted by Gasteiger charge is 2.28. The van der Waals surface area contributed by atoms with Crippen molar-refractivity contribution in [1.82, 2.24) is 0 Å². The van der Waals surface area contributed by atoms with Gasteiger partial charge in [-0.2, -0.15) is 5.26 Å². The first kappa shape index (κ1) is 18.0. The quantitative estimate of drug-likeness (QED) is 0.406. The maximum atomic E-state index is 12.3. The average Bonchev–Trinajstić information content (AvgIpc) is 2.36. The van der Waals surface area contributed by atoms with E-state index in [4.69, 9.17) is 14.3 Å². The van der Waals surface area contributed by atoms with E-state index in [1.807, 2.05) is 6.92 Å². The van der Waals surface area contributed by atoms with Gasteiger partial charge in [-0.1, -0.05) is 26.7 Å². The van der Waals surface area contributed by atoms with Gasteiger partial charge in [0.05, 0.1) is 12.7 Å². The predicted molar refractivity (Wildman–Crippen MR) is 76.6 cm³/mol. The van der Waals surface area contributed by atoms with E-state index in [1.54, 1.807) is 6.92 Å². The first-order valence-corrected chi connectivity index (χ1v) is 9.72. The molecule has 0 aliphatic rings. The SMILES string of the molecule is CCCCCC(C#N)OP(=O)(OCC)SCCC. The molecule has 106 valence electrons. The van der Waals surface area contributed by atoms with E-state index in [1.165, 1.54) is 11.4 Å². The van der Waals surface area contributed by atoms with Crippen molar-refractivity contribution in [3.05, 3.63) is 0 Å². The van der Waals surface area contributed by atoms with Crippen molar-refractivity contribution in [2.24, 2.45) is 0 Å². The highest BCUT2D eigenvalue weighted by atomic mass is 32.7. The molecule has 2 atom stereocenters. The van der Waals surface area contributed by atoms with Gasteiger partial charge in [-0.15, -0.1) is 0 Å². The van der Waals surface area contributed by atoms with Gasteiger partial charge in [-0.25, -0.2) is 4.57 Å². The Bertz CT molecular complexity index is 294. The summed E-state index contributed by atoms with van der Waals surface area (Å²) in [5.74, 6) is 0.713. The molecule has 0 aromatic heterocycles. The van der Waals surface area contributed by atoms with Crippen LogP contribution in [0, 0.1) is 11.3 Å². The zero-order chi connectivity index (χ0) is 13.9. The molecule has 0 heterocycles. The summed E-state index contributed by atoms with van der Waals surface area (Å²) in [6.45, 7) is 3.06. The van der Waals surface area contributed by atoms with E-state index >= 15 is 0 Å². The summed E-state index contributed by atoms with van der Waals surface area (Å²) in [5.41, 5.74) is 0. The topological polar surface area (TPSA) is 59.3 Å². The fraction of sp³-hybridized carbons (Fsp3) is 0.917. The Kier molecular flexibility index (Phi) is 10.9. The molecule has 4 nitrogen and oxygen atoms in total. The third-order valence-electron chi connectivity index (χ3n) is 2.21. The maximum Gasteiger partial charge on any atom is 0.390 e. The minimum absolute atomic E-state index is 0.334. The summed E-state index contributed by atoms with van der Waals surface area (Å²) in [6, 6.07) is 2.06. The van der Waals surface area contributed by atoms with E-state index < -0.39 is 12.9 Å². The van der Waals surface area contributed by atoms with Crippen LogP contribution in [0.2, 0.25) is 0 Å². The number of hydrogen-bond acceptors (Lipinski definition) is 5. The monoisotopic (exact) mass is 293 g/mol. The van der Waals surface area contributed by atoms with Gasteiger partial charge in [0.2, 0.25) is 0 Å². The molecule has 0 aromatic carbocycles. The van der Waals surface area contributed by atoms with Gasteiger partial charge in [0.1, 0.15) is 0 Å². The molecule has 0 spiro atoms. The molecule has 0 radical (unpaired) electrons. The third-order valence-corrected chi connectivity index (χ3v) is 6.28. The van der Waals surface area contributed by atoms with E-state index in [2.05, 4.69) is 13.0 Å². The summed E-state index contributed by atoms with van der Waals surface area (Å²) in [4.78, 5) is 0. The zero-order valence-electron chi connectivity index (χ0n) is 11.6. The zero-order valence-corrected chi connectivity index (χ0v) is 13.3. The highest BCUT2D eigenvalue weighted by molar-refractivity contribution is 8.55. The molecule has 0 saturated heterocycles. The second kappa shape index (κ2) is 10.9. The minimum atomic E-state index is -3.16. The molecule has 18 heavy (non-hydrogen) atoms. The molecule has 0 bridgehead atoms. The molecule has 0 fully saturated rings. The summed E-state index contributed by atoms with van der Waals surface area (Å²) < 4.78 is 23.0. The predicted octanol–water partition coefficient (Wildman–Crippen LogP) is 4.76. The highest BCUT2D eigenvalue weighted by Crippen LogP contribution is 2.61. The summed E-state index contributed by atoms with van der Waals surface area (Å²) >= 11 is 1.19. The van der Waals surface area contributed by atoms with Crippen LogP contribution in [0.3, 0.4) is 0 Å². The molecule has 0 aliphatic carbocycles. The summed E-state index contributed by atoms with van der Waals surface area (Å²) in [5, 5.41) is 9.02. The second-order valence-electron chi connectivity index (χ2n) is 3.92. The van der Waals surface area contributed by atoms with Gasteiger partial charge < -0.3 is 4.52 Å². The van der Waals surface area contributed by atoms with Crippen molar-refractivity contribution in [1.29, 1.82) is 5.26 Å². The van der Waals surface area contributed by atoms with Crippen molar-refractivity contribution in [3.8, 4) is 6.07 Å². The van der Waals surface area contributed by atoms with Crippen LogP contribution < -0.4 is 0 Å². The second-order valence-corrected chi connectivity index (χ2v) is 8.06. The van der Waals surface area contributed by atoms with Crippen molar-refractivity contribution in [3.63, 3.8) is 0 Å². The number of unbranched alkanes of at least 4 members (excludes halogenated alkanes) is 2. The van der Waals surface area contributed by atoms with Gasteiger partial charge in [0, 0.05) is 5.75 Å². The van der Waals surface area contributed by atoms with Crippen molar-refractivity contribution < 1.29 is 13.6 Å². The molecule has 6 heteroatoms. The lowest BCUT2D eigenvalue weighted by molar-refractivity contribution is 0.187. The van der Waals surface area contributed by atoms with Crippen LogP contribution in [-0.4, -0.2) is 18.5 Å². The van der Waals surface area contributed by atoms with Crippen molar-refractivity contribution >= 4 is 18.2 Å². The third kappa shape index (κ3) is 8.16. The van der Waals surface area contributed by atoms with E-state index in [0.29, 0.717) is 18.8 Å². The Morgan fingerprint density at radius 2 is 2.00 bits per heavy atom. The molecule has 0 aliphatic heterocycles. The van der Waals surface area contributed by atoms with Gasteiger partial charge in [0.15, 0.2) is 6.10 Å². The lowest BCUT2D eigenvalue weighted by Gasteiger charge is -2.19. The fourth-order valence-corrected chi connectivity index (χ4v) is 4.97. The summed E-state index contributed by atoms with van der Waals surface area (Å²) in [7, 11) is 0. The van der Waals surface area contributed by atoms with Gasteiger partial charge in [-0.05, 0) is 37.6 Å². The molecular weight excluding hydrogens is 269 g/mol. The number of hydrogen-bond donors (Lipinski definition) is 0. The van der Waals surface area contributed by atoms with Crippen LogP contribution in [0.4, 0.5) is 0 Å². The normalized spacial score (nSPS) is 15.9. The standard InChI is InChI=1S/C12H24NO3PS/c1-4-7-8-9-12(11-13)16-17(14,15-6-3)18-10-5-2/h12H,4-10H2,1-3H3. The van der Waals surface area contributed by atoms with Crippen LogP contribution in [0.1, 0.15) is 52.9 Å². The largest absolute Gasteiger partial charge is 0.390 e. The minimum Gasteiger partial charge on any atom is -0.301 e. The Morgan fingerprint density at radius 3 is 2.50 bits per heavy atom. The fourth-order valence-electron chi connectivity index (χ4n) is 1.34. The smallest absolute Gasteiger partial charge is 0.301 e. The number of nitriles is 1. The van der Waals surface area contributed by atoms with Gasteiger partial charge >= 0.3 is 6.80 Å². The molecule has 0 aromatic rings. The molecule has 0 N–H and O–H groups in total. The molecule has 0 saturated carbocycles. The maximum absolute atomic E-state index is 12.3. The van der Waals surface area contributed by atoms with E-state index in [9.17, 15) is 4.57 Å². The number of nitrogens with zero attached hydrogens (tertiary/aromatic N) is 1. The average molecular weight is 293 g/mol. The van der Waals surface area contributed by atoms with Gasteiger partial charge in [-0.3, -0.25) is 4.52 Å². The number of rotatable bonds is 11. The van der Waals surface area contributed by atoms with Crippen LogP contribution in [-0.2, 0) is 13.6 Å². The van der Waals surface area contributed by atoms with Crippen molar-refractivity contribution in [2.75, 3.05) is 12.4 Å². The Hall–Kier alpha value is -0.0100. The van der Waals surface area contributed by atoms with Gasteiger partial charge in [0.25, 0.3) is 0 Å². The lowest BCUT2D eigenvalue weighted by Crippen LogP contribution is -2.09. The van der Waals surface area contributed by atoms with E-state index in [-0.39, 0.29) is 0 Å². The van der Waals surface area contributed by atoms with Crippen LogP contribution in [0.15, 0.2) is 0 Å². The van der Waals surface area contributed by atoms with E-state index in [0.717, 1.165) is 25.7 Å². The Balaban J connectivity index is 4.34. The first-order chi connectivity index (χ1) is 8.61. The lowest BCUT2D eigenvalue weighted by atomic mass is 10.1. The van der Waals surface area contributed by atoms with Crippen LogP contribution >= 0.6 is 18.2 Å². The molecule has 0 amide bonds. The first-order valence-electron chi connectivity index (χ1n) is 6.59.